The van der Waals surface area contributed by atoms with E-state index in [-0.39, 0.29) is 42.3 Å². The third-order valence-corrected chi connectivity index (χ3v) is 5.78. The number of aryl methyl sites for hydroxylation is 1. The highest BCUT2D eigenvalue weighted by atomic mass is 16.2. The van der Waals surface area contributed by atoms with Crippen LogP contribution in [-0.4, -0.2) is 75.3 Å². The Labute approximate surface area is 156 Å². The fraction of sp³-hybridized carbons (Fsp3) is 0.556. The Kier molecular flexibility index (Phi) is 4.16. The molecule has 144 valence electrons. The molecule has 0 aliphatic carbocycles. The lowest BCUT2D eigenvalue weighted by Crippen LogP contribution is -2.52. The Morgan fingerprint density at radius 2 is 2.07 bits per heavy atom. The summed E-state index contributed by atoms with van der Waals surface area (Å²) >= 11 is 0. The molecule has 0 bridgehead atoms. The van der Waals surface area contributed by atoms with E-state index in [0.29, 0.717) is 25.1 Å². The highest BCUT2D eigenvalue weighted by molar-refractivity contribution is 5.97. The molecule has 0 aromatic carbocycles. The Bertz CT molecular complexity index is 818. The normalized spacial score (nSPS) is 29.9. The molecule has 4 unspecified atom stereocenters. The van der Waals surface area contributed by atoms with Crippen LogP contribution in [0.5, 0.6) is 0 Å². The minimum Gasteiger partial charge on any atom is -0.349 e. The van der Waals surface area contributed by atoms with Gasteiger partial charge < -0.3 is 25.0 Å². The predicted octanol–water partition coefficient (Wildman–Crippen LogP) is -1.16. The highest BCUT2D eigenvalue weighted by Gasteiger charge is 2.51. The summed E-state index contributed by atoms with van der Waals surface area (Å²) in [4.78, 5) is 53.2. The Balaban J connectivity index is 1.52. The van der Waals surface area contributed by atoms with Crippen molar-refractivity contribution in [1.29, 1.82) is 0 Å². The van der Waals surface area contributed by atoms with Crippen LogP contribution in [0.2, 0.25) is 0 Å². The lowest BCUT2D eigenvalue weighted by Gasteiger charge is -2.28. The van der Waals surface area contributed by atoms with Crippen molar-refractivity contribution in [3.63, 3.8) is 0 Å². The number of rotatable bonds is 2. The van der Waals surface area contributed by atoms with Gasteiger partial charge in [0.2, 0.25) is 17.7 Å². The summed E-state index contributed by atoms with van der Waals surface area (Å²) in [5, 5.41) is 5.85. The molecule has 4 heterocycles. The lowest BCUT2D eigenvalue weighted by molar-refractivity contribution is -0.143. The molecule has 3 aliphatic rings. The van der Waals surface area contributed by atoms with Gasteiger partial charge in [0.1, 0.15) is 17.8 Å². The number of hydrogen-bond donors (Lipinski definition) is 2. The van der Waals surface area contributed by atoms with Gasteiger partial charge in [-0.2, -0.15) is 0 Å². The number of likely N-dealkylation sites (tertiary alicyclic amines) is 1. The number of carbonyl (C=O) groups excluding carboxylic acids is 4. The minimum absolute atomic E-state index is 0.170. The molecular weight excluding hydrogens is 350 g/mol. The predicted molar refractivity (Wildman–Crippen MR) is 94.5 cm³/mol. The van der Waals surface area contributed by atoms with E-state index in [1.54, 1.807) is 29.9 Å². The van der Waals surface area contributed by atoms with Crippen molar-refractivity contribution in [1.82, 2.24) is 25.0 Å². The van der Waals surface area contributed by atoms with E-state index in [1.165, 1.54) is 16.7 Å². The van der Waals surface area contributed by atoms with Crippen LogP contribution in [0.25, 0.3) is 0 Å². The van der Waals surface area contributed by atoms with Gasteiger partial charge in [-0.05, 0) is 25.0 Å². The molecule has 27 heavy (non-hydrogen) atoms. The van der Waals surface area contributed by atoms with E-state index in [1.807, 2.05) is 0 Å². The summed E-state index contributed by atoms with van der Waals surface area (Å²) in [6.07, 6.45) is 2.73. The van der Waals surface area contributed by atoms with Crippen LogP contribution in [0, 0.1) is 0 Å². The second-order valence-electron chi connectivity index (χ2n) is 7.48. The Morgan fingerprint density at radius 3 is 2.74 bits per heavy atom. The van der Waals surface area contributed by atoms with Gasteiger partial charge in [0, 0.05) is 39.3 Å². The number of amides is 4. The molecule has 0 saturated carbocycles. The van der Waals surface area contributed by atoms with Gasteiger partial charge >= 0.3 is 0 Å². The van der Waals surface area contributed by atoms with E-state index in [9.17, 15) is 19.2 Å². The third kappa shape index (κ3) is 2.87. The molecule has 3 fully saturated rings. The van der Waals surface area contributed by atoms with E-state index in [0.717, 1.165) is 0 Å². The molecule has 3 aliphatic heterocycles. The van der Waals surface area contributed by atoms with Crippen molar-refractivity contribution in [2.75, 3.05) is 13.1 Å². The summed E-state index contributed by atoms with van der Waals surface area (Å²) in [5.41, 5.74) is 0.520. The fourth-order valence-electron chi connectivity index (χ4n) is 4.44. The number of nitrogens with zero attached hydrogens (tertiary/aromatic N) is 3. The largest absolute Gasteiger partial charge is 0.349 e. The summed E-state index contributed by atoms with van der Waals surface area (Å²) in [5.74, 6) is -0.832. The number of aromatic nitrogens is 1. The van der Waals surface area contributed by atoms with Crippen LogP contribution in [0.15, 0.2) is 18.3 Å². The number of hydrogen-bond acceptors (Lipinski definition) is 4. The van der Waals surface area contributed by atoms with E-state index in [4.69, 9.17) is 0 Å². The molecule has 0 radical (unpaired) electrons. The highest BCUT2D eigenvalue weighted by Crippen LogP contribution is 2.29. The second kappa shape index (κ2) is 6.40. The molecule has 3 saturated heterocycles. The minimum atomic E-state index is -0.654. The zero-order chi connectivity index (χ0) is 19.3. The van der Waals surface area contributed by atoms with Crippen LogP contribution < -0.4 is 10.6 Å². The number of carbonyl (C=O) groups is 4. The first-order valence-corrected chi connectivity index (χ1v) is 9.17. The van der Waals surface area contributed by atoms with Crippen LogP contribution in [0.1, 0.15) is 30.3 Å². The monoisotopic (exact) mass is 373 g/mol. The SMILES string of the molecule is CC(=O)N1CCC2NC(=O)C3CC(NC(=O)c4cccn4C)CN3C(=O)C21. The van der Waals surface area contributed by atoms with Gasteiger partial charge in [0.25, 0.3) is 5.91 Å². The van der Waals surface area contributed by atoms with Gasteiger partial charge in [0.15, 0.2) is 0 Å². The van der Waals surface area contributed by atoms with Crippen molar-refractivity contribution < 1.29 is 19.2 Å². The van der Waals surface area contributed by atoms with Crippen molar-refractivity contribution in [3.8, 4) is 0 Å². The van der Waals surface area contributed by atoms with Crippen LogP contribution in [0.3, 0.4) is 0 Å². The smallest absolute Gasteiger partial charge is 0.268 e. The first kappa shape index (κ1) is 17.6. The molecule has 9 heteroatoms. The van der Waals surface area contributed by atoms with Gasteiger partial charge in [-0.3, -0.25) is 19.2 Å². The maximum Gasteiger partial charge on any atom is 0.268 e. The maximum absolute atomic E-state index is 13.1. The molecule has 2 N–H and O–H groups in total. The van der Waals surface area contributed by atoms with Crippen molar-refractivity contribution in [2.24, 2.45) is 7.05 Å². The summed E-state index contributed by atoms with van der Waals surface area (Å²) in [7, 11) is 1.78. The Morgan fingerprint density at radius 1 is 1.30 bits per heavy atom. The quantitative estimate of drug-likeness (QED) is 0.683. The summed E-state index contributed by atoms with van der Waals surface area (Å²) < 4.78 is 1.72. The second-order valence-corrected chi connectivity index (χ2v) is 7.48. The van der Waals surface area contributed by atoms with Gasteiger partial charge in [-0.1, -0.05) is 0 Å². The standard InChI is InChI=1S/C18H23N5O4/c1-10(24)22-7-5-12-15(22)18(27)23-9-11(8-14(23)17(26)20-12)19-16(25)13-4-3-6-21(13)2/h3-4,6,11-12,14-15H,5,7-9H2,1-2H3,(H,19,25)(H,20,26). The summed E-state index contributed by atoms with van der Waals surface area (Å²) in [6, 6.07) is 1.58. The molecule has 4 rings (SSSR count). The average Bonchev–Trinajstić information content (AvgIpc) is 3.30. The van der Waals surface area contributed by atoms with Gasteiger partial charge in [0.05, 0.1) is 6.04 Å². The van der Waals surface area contributed by atoms with Crippen molar-refractivity contribution in [3.05, 3.63) is 24.0 Å². The van der Waals surface area contributed by atoms with Crippen LogP contribution >= 0.6 is 0 Å². The molecule has 4 atom stereocenters. The molecular formula is C18H23N5O4. The lowest BCUT2D eigenvalue weighted by atomic mass is 10.1. The topological polar surface area (TPSA) is 104 Å². The average molecular weight is 373 g/mol. The fourth-order valence-corrected chi connectivity index (χ4v) is 4.44. The van der Waals surface area contributed by atoms with Gasteiger partial charge in [-0.25, -0.2) is 0 Å². The first-order chi connectivity index (χ1) is 12.9. The van der Waals surface area contributed by atoms with E-state index in [2.05, 4.69) is 10.6 Å². The van der Waals surface area contributed by atoms with Crippen molar-refractivity contribution >= 4 is 23.6 Å². The number of nitrogens with one attached hydrogen (secondary N) is 2. The van der Waals surface area contributed by atoms with Crippen LogP contribution in [0.4, 0.5) is 0 Å². The molecule has 9 nitrogen and oxygen atoms in total. The zero-order valence-electron chi connectivity index (χ0n) is 15.3. The van der Waals surface area contributed by atoms with Gasteiger partial charge in [-0.15, -0.1) is 0 Å². The number of fused-ring (bicyclic) bond motifs is 2. The first-order valence-electron chi connectivity index (χ1n) is 9.17. The third-order valence-electron chi connectivity index (χ3n) is 5.78. The molecule has 1 aromatic heterocycles. The molecule has 1 aromatic rings. The van der Waals surface area contributed by atoms with E-state index < -0.39 is 12.1 Å². The Hall–Kier alpha value is -2.84. The molecule has 4 amide bonds. The zero-order valence-corrected chi connectivity index (χ0v) is 15.3. The molecule has 0 spiro atoms. The maximum atomic E-state index is 13.1. The van der Waals surface area contributed by atoms with Crippen LogP contribution in [-0.2, 0) is 21.4 Å². The summed E-state index contributed by atoms with van der Waals surface area (Å²) in [6.45, 7) is 2.16. The van der Waals surface area contributed by atoms with Crippen molar-refractivity contribution in [2.45, 2.75) is 43.9 Å². The van der Waals surface area contributed by atoms with E-state index >= 15 is 0 Å².